The van der Waals surface area contributed by atoms with Gasteiger partial charge in [0.25, 0.3) is 5.91 Å². The van der Waals surface area contributed by atoms with E-state index in [0.717, 1.165) is 11.5 Å². The lowest BCUT2D eigenvalue weighted by Crippen LogP contribution is -2.26. The molecule has 0 saturated heterocycles. The van der Waals surface area contributed by atoms with Crippen molar-refractivity contribution in [2.45, 2.75) is 0 Å². The van der Waals surface area contributed by atoms with E-state index < -0.39 is 0 Å². The molecule has 0 atom stereocenters. The predicted octanol–water partition coefficient (Wildman–Crippen LogP) is 1.79. The summed E-state index contributed by atoms with van der Waals surface area (Å²) in [6.45, 7) is 0. The Kier molecular flexibility index (Phi) is 3.52. The molecule has 0 aliphatic rings. The van der Waals surface area contributed by atoms with Crippen LogP contribution in [0.25, 0.3) is 0 Å². The molecular weight excluding hydrogens is 228 g/mol. The standard InChI is InChI=1S/C13H14N4O/c1-14-12-6-5-10(8-16-12)13(18)17(2)11-4-3-7-15-9-11/h3-9H,1-2H3,(H,14,16). The summed E-state index contributed by atoms with van der Waals surface area (Å²) in [6, 6.07) is 7.14. The number of aromatic nitrogens is 2. The molecule has 0 aromatic carbocycles. The fourth-order valence-corrected chi connectivity index (χ4v) is 1.53. The minimum Gasteiger partial charge on any atom is -0.373 e. The first-order chi connectivity index (χ1) is 8.72. The van der Waals surface area contributed by atoms with Crippen LogP contribution in [0.15, 0.2) is 42.9 Å². The van der Waals surface area contributed by atoms with E-state index in [1.165, 1.54) is 0 Å². The van der Waals surface area contributed by atoms with E-state index in [0.29, 0.717) is 5.56 Å². The molecule has 0 aliphatic heterocycles. The highest BCUT2D eigenvalue weighted by molar-refractivity contribution is 6.05. The van der Waals surface area contributed by atoms with Gasteiger partial charge in [-0.2, -0.15) is 0 Å². The Hall–Kier alpha value is -2.43. The molecule has 2 aromatic heterocycles. The van der Waals surface area contributed by atoms with Crippen molar-refractivity contribution in [1.82, 2.24) is 9.97 Å². The van der Waals surface area contributed by atoms with Crippen molar-refractivity contribution in [3.05, 3.63) is 48.4 Å². The fourth-order valence-electron chi connectivity index (χ4n) is 1.53. The summed E-state index contributed by atoms with van der Waals surface area (Å²) >= 11 is 0. The summed E-state index contributed by atoms with van der Waals surface area (Å²) in [6.07, 6.45) is 4.87. The molecule has 0 spiro atoms. The summed E-state index contributed by atoms with van der Waals surface area (Å²) < 4.78 is 0. The number of hydrogen-bond donors (Lipinski definition) is 1. The highest BCUT2D eigenvalue weighted by atomic mass is 16.2. The molecular formula is C13H14N4O. The van der Waals surface area contributed by atoms with Gasteiger partial charge in [-0.25, -0.2) is 4.98 Å². The van der Waals surface area contributed by atoms with E-state index in [1.54, 1.807) is 55.8 Å². The van der Waals surface area contributed by atoms with Gasteiger partial charge in [0.15, 0.2) is 0 Å². The summed E-state index contributed by atoms with van der Waals surface area (Å²) in [5, 5.41) is 2.91. The van der Waals surface area contributed by atoms with Gasteiger partial charge >= 0.3 is 0 Å². The third-order valence-electron chi connectivity index (χ3n) is 2.60. The van der Waals surface area contributed by atoms with Gasteiger partial charge in [-0.3, -0.25) is 9.78 Å². The third kappa shape index (κ3) is 2.45. The first-order valence-corrected chi connectivity index (χ1v) is 5.54. The van der Waals surface area contributed by atoms with Gasteiger partial charge in [-0.15, -0.1) is 0 Å². The van der Waals surface area contributed by atoms with Crippen LogP contribution in [0.3, 0.4) is 0 Å². The number of rotatable bonds is 3. The Morgan fingerprint density at radius 2 is 2.11 bits per heavy atom. The highest BCUT2D eigenvalue weighted by Gasteiger charge is 2.13. The highest BCUT2D eigenvalue weighted by Crippen LogP contribution is 2.14. The summed E-state index contributed by atoms with van der Waals surface area (Å²) in [7, 11) is 3.50. The Morgan fingerprint density at radius 1 is 1.28 bits per heavy atom. The van der Waals surface area contributed by atoms with Crippen LogP contribution in [0.2, 0.25) is 0 Å². The fraction of sp³-hybridized carbons (Fsp3) is 0.154. The Bertz CT molecular complexity index is 524. The minimum absolute atomic E-state index is 0.113. The molecule has 0 fully saturated rings. The quantitative estimate of drug-likeness (QED) is 0.891. The van der Waals surface area contributed by atoms with Crippen LogP contribution in [0, 0.1) is 0 Å². The first kappa shape index (κ1) is 12.0. The van der Waals surface area contributed by atoms with Crippen LogP contribution in [-0.2, 0) is 0 Å². The van der Waals surface area contributed by atoms with Crippen LogP contribution in [0.4, 0.5) is 11.5 Å². The molecule has 1 N–H and O–H groups in total. The largest absolute Gasteiger partial charge is 0.373 e. The number of carbonyl (C=O) groups is 1. The second kappa shape index (κ2) is 5.27. The summed E-state index contributed by atoms with van der Waals surface area (Å²) in [5.41, 5.74) is 1.29. The number of nitrogens with one attached hydrogen (secondary N) is 1. The molecule has 18 heavy (non-hydrogen) atoms. The van der Waals surface area contributed by atoms with E-state index in [9.17, 15) is 4.79 Å². The van der Waals surface area contributed by atoms with Crippen LogP contribution in [0.1, 0.15) is 10.4 Å². The molecule has 5 heteroatoms. The van der Waals surface area contributed by atoms with Gasteiger partial charge in [0, 0.05) is 26.5 Å². The molecule has 0 aliphatic carbocycles. The molecule has 2 rings (SSSR count). The molecule has 0 radical (unpaired) electrons. The smallest absolute Gasteiger partial charge is 0.259 e. The van der Waals surface area contributed by atoms with Crippen LogP contribution < -0.4 is 10.2 Å². The molecule has 5 nitrogen and oxygen atoms in total. The van der Waals surface area contributed by atoms with Crippen LogP contribution >= 0.6 is 0 Å². The van der Waals surface area contributed by atoms with E-state index in [1.807, 2.05) is 6.07 Å². The maximum atomic E-state index is 12.2. The van der Waals surface area contributed by atoms with E-state index in [-0.39, 0.29) is 5.91 Å². The number of pyridine rings is 2. The van der Waals surface area contributed by atoms with Crippen molar-refractivity contribution >= 4 is 17.4 Å². The monoisotopic (exact) mass is 242 g/mol. The molecule has 2 aromatic rings. The normalized spacial score (nSPS) is 9.89. The van der Waals surface area contributed by atoms with Crippen molar-refractivity contribution in [3.8, 4) is 0 Å². The van der Waals surface area contributed by atoms with Gasteiger partial charge in [-0.05, 0) is 24.3 Å². The lowest BCUT2D eigenvalue weighted by Gasteiger charge is -2.16. The van der Waals surface area contributed by atoms with Gasteiger partial charge in [-0.1, -0.05) is 0 Å². The van der Waals surface area contributed by atoms with Crippen LogP contribution in [-0.4, -0.2) is 30.0 Å². The second-order valence-corrected chi connectivity index (χ2v) is 3.76. The predicted molar refractivity (Wildman–Crippen MR) is 70.8 cm³/mol. The Labute approximate surface area is 105 Å². The number of anilines is 2. The topological polar surface area (TPSA) is 58.1 Å². The SMILES string of the molecule is CNc1ccc(C(=O)N(C)c2cccnc2)cn1. The lowest BCUT2D eigenvalue weighted by atomic mass is 10.2. The molecule has 0 bridgehead atoms. The third-order valence-corrected chi connectivity index (χ3v) is 2.60. The molecule has 0 unspecified atom stereocenters. The average Bonchev–Trinajstić information content (AvgIpc) is 2.47. The number of nitrogens with zero attached hydrogens (tertiary/aromatic N) is 3. The molecule has 1 amide bonds. The van der Waals surface area contributed by atoms with Crippen molar-refractivity contribution in [2.24, 2.45) is 0 Å². The minimum atomic E-state index is -0.113. The van der Waals surface area contributed by atoms with Gasteiger partial charge in [0.05, 0.1) is 17.4 Å². The summed E-state index contributed by atoms with van der Waals surface area (Å²) in [5.74, 6) is 0.619. The first-order valence-electron chi connectivity index (χ1n) is 5.54. The van der Waals surface area contributed by atoms with E-state index in [2.05, 4.69) is 15.3 Å². The molecule has 0 saturated carbocycles. The lowest BCUT2D eigenvalue weighted by molar-refractivity contribution is 0.0992. The van der Waals surface area contributed by atoms with Gasteiger partial charge < -0.3 is 10.2 Å². The second-order valence-electron chi connectivity index (χ2n) is 3.76. The van der Waals surface area contributed by atoms with E-state index in [4.69, 9.17) is 0 Å². The zero-order valence-corrected chi connectivity index (χ0v) is 10.3. The number of amides is 1. The Morgan fingerprint density at radius 3 is 2.67 bits per heavy atom. The number of hydrogen-bond acceptors (Lipinski definition) is 4. The zero-order valence-electron chi connectivity index (χ0n) is 10.3. The van der Waals surface area contributed by atoms with Crippen molar-refractivity contribution in [2.75, 3.05) is 24.3 Å². The van der Waals surface area contributed by atoms with Crippen molar-refractivity contribution < 1.29 is 4.79 Å². The van der Waals surface area contributed by atoms with Crippen molar-refractivity contribution in [3.63, 3.8) is 0 Å². The molecule has 92 valence electrons. The Balaban J connectivity index is 2.20. The van der Waals surface area contributed by atoms with Crippen molar-refractivity contribution in [1.29, 1.82) is 0 Å². The zero-order chi connectivity index (χ0) is 13.0. The van der Waals surface area contributed by atoms with Gasteiger partial charge in [0.1, 0.15) is 5.82 Å². The average molecular weight is 242 g/mol. The van der Waals surface area contributed by atoms with Crippen LogP contribution in [0.5, 0.6) is 0 Å². The molecule has 2 heterocycles. The summed E-state index contributed by atoms with van der Waals surface area (Å²) in [4.78, 5) is 21.8. The van der Waals surface area contributed by atoms with Gasteiger partial charge in [0.2, 0.25) is 0 Å². The maximum absolute atomic E-state index is 12.2. The van der Waals surface area contributed by atoms with E-state index >= 15 is 0 Å². The maximum Gasteiger partial charge on any atom is 0.259 e. The number of carbonyl (C=O) groups excluding carboxylic acids is 1.